The van der Waals surface area contributed by atoms with Crippen LogP contribution in [0.25, 0.3) is 0 Å². The fourth-order valence-corrected chi connectivity index (χ4v) is 11.7. The molecule has 9 heteroatoms. The van der Waals surface area contributed by atoms with Crippen LogP contribution >= 0.6 is 0 Å². The third-order valence-electron chi connectivity index (χ3n) is 14.2. The van der Waals surface area contributed by atoms with Gasteiger partial charge in [0.05, 0.1) is 24.4 Å². The number of hydrogen-bond acceptors (Lipinski definition) is 9. The van der Waals surface area contributed by atoms with E-state index in [1.54, 1.807) is 0 Å². The van der Waals surface area contributed by atoms with Crippen molar-refractivity contribution in [2.45, 2.75) is 155 Å². The standard InChI is InChI=1S/C36H60O9/c1-19(2)10-9-13-36(8,45-31-29(43)28(42)27(41)23(18-37)44-31)20-11-15-34(6)26(20)21(38)16-24-33(5)14-12-25(40)32(3,4)30(33)22(39)17-35(24,34)7/h10,20,22-31,37,39-43H,9,11-18H2,1-8H3/t20?,22-,23+,24+,25-,26-,27+,28-,29+,30?,31-,33+,34+,35+,36-/m0/s1. The molecule has 2 unspecified atom stereocenters. The number of aliphatic hydroxyl groups is 6. The maximum atomic E-state index is 14.6. The van der Waals surface area contributed by atoms with Crippen molar-refractivity contribution in [3.63, 3.8) is 0 Å². The number of Topliss-reactive ketones (excluding diaryl/α,β-unsaturated/α-hetero) is 1. The highest BCUT2D eigenvalue weighted by molar-refractivity contribution is 5.84. The van der Waals surface area contributed by atoms with Crippen LogP contribution in [-0.4, -0.2) is 91.5 Å². The minimum absolute atomic E-state index is 0.0703. The number of aliphatic hydroxyl groups excluding tert-OH is 6. The zero-order chi connectivity index (χ0) is 33.5. The molecule has 258 valence electrons. The first-order valence-electron chi connectivity index (χ1n) is 17.3. The number of carbonyl (C=O) groups excluding carboxylic acids is 1. The van der Waals surface area contributed by atoms with Gasteiger partial charge in [-0.25, -0.2) is 0 Å². The molecule has 0 aromatic heterocycles. The van der Waals surface area contributed by atoms with Gasteiger partial charge in [0.1, 0.15) is 30.2 Å². The fourth-order valence-electron chi connectivity index (χ4n) is 11.7. The van der Waals surface area contributed by atoms with Crippen LogP contribution in [0.5, 0.6) is 0 Å². The maximum Gasteiger partial charge on any atom is 0.187 e. The summed E-state index contributed by atoms with van der Waals surface area (Å²) in [4.78, 5) is 14.6. The van der Waals surface area contributed by atoms with E-state index >= 15 is 0 Å². The Balaban J connectivity index is 1.51. The predicted molar refractivity (Wildman–Crippen MR) is 169 cm³/mol. The summed E-state index contributed by atoms with van der Waals surface area (Å²) in [6, 6.07) is 0. The SMILES string of the molecule is CC(C)=CCC[C@](C)(O[C@@H]1O[C@H](CO)[C@@H](O)[C@H](O)[C@H]1O)C1CC[C@]2(C)[C@@H]1C(=O)C[C@@H]1[C@@]3(C)CC[C@H](O)C(C)(C)C3[C@@H](O)C[C@]12C. The third kappa shape index (κ3) is 5.31. The van der Waals surface area contributed by atoms with Gasteiger partial charge in [0.25, 0.3) is 0 Å². The van der Waals surface area contributed by atoms with Crippen LogP contribution in [0.2, 0.25) is 0 Å². The van der Waals surface area contributed by atoms with Gasteiger partial charge < -0.3 is 40.1 Å². The highest BCUT2D eigenvalue weighted by Gasteiger charge is 2.73. The van der Waals surface area contributed by atoms with E-state index in [9.17, 15) is 35.4 Å². The molecule has 0 spiro atoms. The number of ketones is 1. The lowest BCUT2D eigenvalue weighted by Gasteiger charge is -2.70. The molecule has 4 aliphatic carbocycles. The Hall–Kier alpha value is -0.910. The number of ether oxygens (including phenoxy) is 2. The summed E-state index contributed by atoms with van der Waals surface area (Å²) in [5.74, 6) is -0.372. The molecule has 15 atom stereocenters. The van der Waals surface area contributed by atoms with Crippen molar-refractivity contribution in [2.75, 3.05) is 6.61 Å². The lowest BCUT2D eigenvalue weighted by atomic mass is 9.34. The first kappa shape index (κ1) is 35.4. The maximum absolute atomic E-state index is 14.6. The monoisotopic (exact) mass is 636 g/mol. The van der Waals surface area contributed by atoms with Crippen molar-refractivity contribution in [1.29, 1.82) is 0 Å². The number of hydrogen-bond donors (Lipinski definition) is 6. The van der Waals surface area contributed by atoms with E-state index in [-0.39, 0.29) is 40.3 Å². The van der Waals surface area contributed by atoms with Gasteiger partial charge in [-0.15, -0.1) is 0 Å². The normalized spacial score (nSPS) is 50.6. The molecule has 9 nitrogen and oxygen atoms in total. The van der Waals surface area contributed by atoms with Crippen molar-refractivity contribution in [2.24, 2.45) is 45.3 Å². The third-order valence-corrected chi connectivity index (χ3v) is 14.2. The second-order valence-corrected chi connectivity index (χ2v) is 17.3. The molecular weight excluding hydrogens is 576 g/mol. The summed E-state index contributed by atoms with van der Waals surface area (Å²) in [7, 11) is 0. The molecule has 0 aromatic rings. The lowest BCUT2D eigenvalue weighted by molar-refractivity contribution is -0.333. The Morgan fingerprint density at radius 1 is 0.978 bits per heavy atom. The van der Waals surface area contributed by atoms with Gasteiger partial charge in [-0.3, -0.25) is 4.79 Å². The highest BCUT2D eigenvalue weighted by atomic mass is 16.7. The Morgan fingerprint density at radius 2 is 1.64 bits per heavy atom. The summed E-state index contributed by atoms with van der Waals surface area (Å²) < 4.78 is 12.5. The zero-order valence-electron chi connectivity index (χ0n) is 28.7. The van der Waals surface area contributed by atoms with Crippen LogP contribution in [-0.2, 0) is 14.3 Å². The number of allylic oxidation sites excluding steroid dienone is 2. The van der Waals surface area contributed by atoms with Crippen molar-refractivity contribution in [3.05, 3.63) is 11.6 Å². The average molecular weight is 637 g/mol. The average Bonchev–Trinajstić information content (AvgIpc) is 3.33. The number of carbonyl (C=O) groups is 1. The van der Waals surface area contributed by atoms with E-state index in [1.807, 2.05) is 20.8 Å². The second kappa shape index (κ2) is 11.9. The smallest absolute Gasteiger partial charge is 0.187 e. The van der Waals surface area contributed by atoms with E-state index in [4.69, 9.17) is 9.47 Å². The summed E-state index contributed by atoms with van der Waals surface area (Å²) >= 11 is 0. The van der Waals surface area contributed by atoms with Crippen LogP contribution < -0.4 is 0 Å². The van der Waals surface area contributed by atoms with Gasteiger partial charge >= 0.3 is 0 Å². The van der Waals surface area contributed by atoms with E-state index < -0.39 is 66.0 Å². The van der Waals surface area contributed by atoms with Gasteiger partial charge in [0.15, 0.2) is 6.29 Å². The summed E-state index contributed by atoms with van der Waals surface area (Å²) in [5.41, 5.74) is -1.27. The molecule has 5 fully saturated rings. The molecule has 0 aromatic carbocycles. The van der Waals surface area contributed by atoms with Crippen molar-refractivity contribution in [1.82, 2.24) is 0 Å². The predicted octanol–water partition coefficient (Wildman–Crippen LogP) is 3.50. The van der Waals surface area contributed by atoms with Gasteiger partial charge in [-0.1, -0.05) is 46.3 Å². The molecule has 0 bridgehead atoms. The molecule has 1 aliphatic heterocycles. The van der Waals surface area contributed by atoms with Crippen LogP contribution in [0.1, 0.15) is 107 Å². The molecule has 1 saturated heterocycles. The molecule has 6 N–H and O–H groups in total. The summed E-state index contributed by atoms with van der Waals surface area (Å²) in [5, 5.41) is 64.6. The Kier molecular flexibility index (Phi) is 9.36. The number of rotatable bonds is 7. The summed E-state index contributed by atoms with van der Waals surface area (Å²) in [6.07, 6.45) is -0.745. The van der Waals surface area contributed by atoms with Crippen molar-refractivity contribution >= 4 is 5.78 Å². The Labute approximate surface area is 269 Å². The van der Waals surface area contributed by atoms with E-state index in [1.165, 1.54) is 0 Å². The molecule has 5 rings (SSSR count). The fraction of sp³-hybridized carbons (Fsp3) is 0.917. The second-order valence-electron chi connectivity index (χ2n) is 17.3. The van der Waals surface area contributed by atoms with E-state index in [0.29, 0.717) is 32.1 Å². The van der Waals surface area contributed by atoms with Gasteiger partial charge in [-0.2, -0.15) is 0 Å². The Bertz CT molecular complexity index is 1150. The Morgan fingerprint density at radius 3 is 2.27 bits per heavy atom. The molecule has 0 amide bonds. The highest BCUT2D eigenvalue weighted by Crippen LogP contribution is 2.75. The molecule has 0 radical (unpaired) electrons. The first-order chi connectivity index (χ1) is 20.8. The van der Waals surface area contributed by atoms with Crippen LogP contribution in [0, 0.1) is 45.3 Å². The van der Waals surface area contributed by atoms with Crippen LogP contribution in [0.4, 0.5) is 0 Å². The largest absolute Gasteiger partial charge is 0.394 e. The van der Waals surface area contributed by atoms with Crippen molar-refractivity contribution < 1.29 is 44.9 Å². The number of fused-ring (bicyclic) bond motifs is 5. The van der Waals surface area contributed by atoms with Gasteiger partial charge in [0, 0.05) is 12.3 Å². The quantitative estimate of drug-likeness (QED) is 0.230. The minimum Gasteiger partial charge on any atom is -0.394 e. The first-order valence-corrected chi connectivity index (χ1v) is 17.3. The van der Waals surface area contributed by atoms with E-state index in [2.05, 4.69) is 40.7 Å². The minimum atomic E-state index is -1.55. The molecule has 5 aliphatic rings. The molecule has 45 heavy (non-hydrogen) atoms. The van der Waals surface area contributed by atoms with Crippen LogP contribution in [0.3, 0.4) is 0 Å². The topological polar surface area (TPSA) is 157 Å². The van der Waals surface area contributed by atoms with Gasteiger partial charge in [0.2, 0.25) is 0 Å². The molecule has 1 heterocycles. The molecule has 4 saturated carbocycles. The van der Waals surface area contributed by atoms with Gasteiger partial charge in [-0.05, 0) is 105 Å². The summed E-state index contributed by atoms with van der Waals surface area (Å²) in [6.45, 7) is 16.4. The zero-order valence-corrected chi connectivity index (χ0v) is 28.7. The van der Waals surface area contributed by atoms with Crippen LogP contribution in [0.15, 0.2) is 11.6 Å². The van der Waals surface area contributed by atoms with Crippen molar-refractivity contribution in [3.8, 4) is 0 Å². The molecular formula is C36H60O9. The van der Waals surface area contributed by atoms with E-state index in [0.717, 1.165) is 24.8 Å². The lowest BCUT2D eigenvalue weighted by Crippen LogP contribution is -2.69.